The van der Waals surface area contributed by atoms with Crippen molar-refractivity contribution in [2.24, 2.45) is 40.9 Å². The van der Waals surface area contributed by atoms with Crippen LogP contribution in [0.5, 0.6) is 23.1 Å². The van der Waals surface area contributed by atoms with Crippen molar-refractivity contribution in [2.75, 3.05) is 96.0 Å². The standard InChI is InChI=1S/C23H28ClF3N6O3.C19H22ClF3N6O3.2C18H25N7O3/c24-17-5-8-20(36-23(25,26)27)16(11-17)13-29-22-30-14-19(33(34)35)21(31-22)28-12-15-3-6-18(7-4-15)32-9-1-2-10-32;20-13-3-6-16(32-19(21,22)23)12(7-13)9-26-18-27-10-15(29(30)31)17(28-18)25-8-11-1-4-14(24)5-2-11;1-28-16-6-7-20-9-13(16)10-22-18-23-11-15(25(26)27)17(24-18)21-8-12-2-4-14(19)5-3-12;1-28-17-13(3-2-8-20-17)10-22-18-23-11-15(25(26)27)16(24-18)21-9-12-4-6-14(19)7-5-12/h5,8,11,14-15,18H,1-4,6-7,9-10,12-13H2,(H2,28,29,30,31);3,6-7,10-11,14H,1-2,4-5,8-9,24H2,(H2,25,26,27,28);6-7,9,11-12,14H,2-5,8,10,19H2,1H3,(H2,21,22,23,24);2-3,8,11-12,14H,4-7,9-10,19H2,1H3,(H2,21,22,23,24). The number of hydrogen-bond donors (Lipinski definition) is 11. The van der Waals surface area contributed by atoms with E-state index in [0.717, 1.165) is 138 Å². The highest BCUT2D eigenvalue weighted by Crippen LogP contribution is 2.37. The third-order valence-electron chi connectivity index (χ3n) is 21.6. The summed E-state index contributed by atoms with van der Waals surface area (Å²) < 4.78 is 94.7. The van der Waals surface area contributed by atoms with Crippen molar-refractivity contribution < 1.29 is 65.0 Å². The largest absolute Gasteiger partial charge is 0.573 e. The van der Waals surface area contributed by atoms with Crippen molar-refractivity contribution in [3.63, 3.8) is 0 Å². The molecule has 2 aromatic carbocycles. The van der Waals surface area contributed by atoms with Crippen LogP contribution in [0.25, 0.3) is 0 Å². The lowest BCUT2D eigenvalue weighted by molar-refractivity contribution is -0.384. The van der Waals surface area contributed by atoms with Crippen LogP contribution in [0.3, 0.4) is 0 Å². The molecule has 4 saturated carbocycles. The average molecular weight is 1780 g/mol. The fourth-order valence-electron chi connectivity index (χ4n) is 14.9. The van der Waals surface area contributed by atoms with Crippen LogP contribution >= 0.6 is 23.2 Å². The summed E-state index contributed by atoms with van der Waals surface area (Å²) in [7, 11) is 3.13. The van der Waals surface area contributed by atoms with E-state index in [1.807, 2.05) is 6.07 Å². The Hall–Kier alpha value is -11.7. The van der Waals surface area contributed by atoms with E-state index in [1.54, 1.807) is 44.9 Å². The molecule has 14 N–H and O–H groups in total. The SMILES string of the molecule is COc1ccncc1CNc1ncc([N+](=O)[O-])c(NCC2CCC(N)CC2)n1.COc1ncccc1CNc1ncc([N+](=O)[O-])c(NCC2CCC(N)CC2)n1.NC1CCC(CNc2nc(NCc3cc(Cl)ccc3OC(F)(F)F)ncc2[N+](=O)[O-])CC1.O=[N+]([O-])c1cnc(NCc2cc(Cl)ccc2OC(F)(F)F)nc1NCC1CCC(N2CCCC2)CC1. The number of nitrogens with two attached hydrogens (primary N) is 3. The third kappa shape index (κ3) is 30.1. The second kappa shape index (κ2) is 46.1. The maximum absolute atomic E-state index is 12.7. The Labute approximate surface area is 718 Å². The van der Waals surface area contributed by atoms with Crippen molar-refractivity contribution in [1.29, 1.82) is 0 Å². The van der Waals surface area contributed by atoms with E-state index in [2.05, 4.69) is 107 Å². The molecule has 8 aromatic rings. The van der Waals surface area contributed by atoms with Crippen LogP contribution in [0.15, 0.2) is 98.0 Å². The van der Waals surface area contributed by atoms with Gasteiger partial charge in [-0.15, -0.1) is 26.3 Å². The Morgan fingerprint density at radius 3 is 1.09 bits per heavy atom. The second-order valence-corrected chi connectivity index (χ2v) is 31.3. The van der Waals surface area contributed by atoms with Gasteiger partial charge in [-0.25, -0.2) is 24.9 Å². The van der Waals surface area contributed by atoms with Crippen molar-refractivity contribution in [3.05, 3.63) is 171 Å². The summed E-state index contributed by atoms with van der Waals surface area (Å²) in [6.45, 7) is 5.12. The molecule has 46 heteroatoms. The lowest BCUT2D eigenvalue weighted by atomic mass is 9.85. The second-order valence-electron chi connectivity index (χ2n) is 30.4. The predicted molar refractivity (Wildman–Crippen MR) is 452 cm³/mol. The Kier molecular flexibility index (Phi) is 35.1. The van der Waals surface area contributed by atoms with Crippen LogP contribution in [0, 0.1) is 64.1 Å². The minimum Gasteiger partial charge on any atom is -0.496 e. The van der Waals surface area contributed by atoms with Gasteiger partial charge in [0, 0.05) is 127 Å². The minimum atomic E-state index is -4.87. The molecule has 0 unspecified atom stereocenters. The molecule has 0 bridgehead atoms. The molecule has 0 atom stereocenters. The zero-order valence-electron chi connectivity index (χ0n) is 68.0. The molecule has 1 aliphatic heterocycles. The molecular weight excluding hydrogens is 1680 g/mol. The highest BCUT2D eigenvalue weighted by molar-refractivity contribution is 6.31. The smallest absolute Gasteiger partial charge is 0.496 e. The number of alkyl halides is 6. The van der Waals surface area contributed by atoms with E-state index < -0.39 is 43.9 Å². The Morgan fingerprint density at radius 2 is 0.758 bits per heavy atom. The molecule has 0 radical (unpaired) electrons. The number of likely N-dealkylation sites (tertiary alicyclic amines) is 1. The van der Waals surface area contributed by atoms with Gasteiger partial charge in [0.25, 0.3) is 0 Å². The predicted octanol–water partition coefficient (Wildman–Crippen LogP) is 14.8. The zero-order valence-corrected chi connectivity index (χ0v) is 69.5. The fourth-order valence-corrected chi connectivity index (χ4v) is 15.3. The first-order chi connectivity index (χ1) is 59.4. The summed E-state index contributed by atoms with van der Waals surface area (Å²) >= 11 is 11.8. The number of methoxy groups -OCH3 is 2. The van der Waals surface area contributed by atoms with Crippen molar-refractivity contribution in [3.8, 4) is 23.1 Å². The number of ether oxygens (including phenoxy) is 4. The van der Waals surface area contributed by atoms with Gasteiger partial charge in [-0.05, 0) is 201 Å². The van der Waals surface area contributed by atoms with E-state index in [0.29, 0.717) is 92.5 Å². The molecule has 5 aliphatic rings. The van der Waals surface area contributed by atoms with Gasteiger partial charge in [-0.2, -0.15) is 19.9 Å². The van der Waals surface area contributed by atoms with Crippen LogP contribution in [0.2, 0.25) is 10.0 Å². The Bertz CT molecular complexity index is 4680. The quantitative estimate of drug-likeness (QED) is 0.0103. The normalized spacial score (nSPS) is 19.5. The van der Waals surface area contributed by atoms with Crippen LogP contribution in [0.4, 0.5) is 96.2 Å². The number of benzene rings is 2. The molecule has 124 heavy (non-hydrogen) atoms. The molecule has 7 heterocycles. The number of nitrogens with zero attached hydrogens (tertiary/aromatic N) is 15. The van der Waals surface area contributed by atoms with Crippen LogP contribution in [-0.2, 0) is 26.2 Å². The Balaban J connectivity index is 0.000000174. The number of hydrogen-bond acceptors (Lipinski definition) is 34. The topological polar surface area (TPSA) is 516 Å². The number of halogens is 8. The van der Waals surface area contributed by atoms with Crippen molar-refractivity contribution in [2.45, 2.75) is 179 Å². The highest BCUT2D eigenvalue weighted by atomic mass is 35.5. The lowest BCUT2D eigenvalue weighted by Crippen LogP contribution is -2.37. The molecular formula is C78H100Cl2F6N26O12. The van der Waals surface area contributed by atoms with E-state index >= 15 is 0 Å². The van der Waals surface area contributed by atoms with E-state index in [1.165, 1.54) is 62.6 Å². The molecule has 13 rings (SSSR count). The monoisotopic (exact) mass is 1780 g/mol. The van der Waals surface area contributed by atoms with Gasteiger partial charge >= 0.3 is 35.5 Å². The van der Waals surface area contributed by atoms with E-state index in [4.69, 9.17) is 49.9 Å². The van der Waals surface area contributed by atoms with Crippen LogP contribution in [0.1, 0.15) is 138 Å². The number of nitro groups is 4. The first kappa shape index (κ1) is 94.5. The highest BCUT2D eigenvalue weighted by Gasteiger charge is 2.35. The molecule has 6 aromatic heterocycles. The zero-order chi connectivity index (χ0) is 88.9. The summed E-state index contributed by atoms with van der Waals surface area (Å²) in [5.74, 6) is 3.07. The summed E-state index contributed by atoms with van der Waals surface area (Å²) in [4.78, 5) is 87.0. The number of anilines is 8. The summed E-state index contributed by atoms with van der Waals surface area (Å²) in [6, 6.07) is 14.2. The molecule has 38 nitrogen and oxygen atoms in total. The summed E-state index contributed by atoms with van der Waals surface area (Å²) in [5.41, 5.74) is 18.8. The van der Waals surface area contributed by atoms with Crippen LogP contribution < -0.4 is 78.7 Å². The lowest BCUT2D eigenvalue weighted by Gasteiger charge is -2.34. The van der Waals surface area contributed by atoms with Crippen molar-refractivity contribution in [1.82, 2.24) is 54.7 Å². The maximum atomic E-state index is 12.7. The molecule has 0 amide bonds. The molecule has 4 aliphatic carbocycles. The van der Waals surface area contributed by atoms with E-state index in [9.17, 15) is 66.8 Å². The van der Waals surface area contributed by atoms with Gasteiger partial charge in [-0.1, -0.05) is 29.3 Å². The van der Waals surface area contributed by atoms with Gasteiger partial charge in [-0.3, -0.25) is 45.4 Å². The summed E-state index contributed by atoms with van der Waals surface area (Å²) in [6.07, 6.45) is 18.2. The van der Waals surface area contributed by atoms with Gasteiger partial charge < -0.3 is 83.6 Å². The number of rotatable bonds is 33. The van der Waals surface area contributed by atoms with Gasteiger partial charge in [0.2, 0.25) is 52.9 Å². The van der Waals surface area contributed by atoms with E-state index in [-0.39, 0.29) is 110 Å². The van der Waals surface area contributed by atoms with Gasteiger partial charge in [0.05, 0.1) is 33.9 Å². The van der Waals surface area contributed by atoms with Crippen LogP contribution in [-0.4, -0.2) is 165 Å². The number of pyridine rings is 2. The molecule has 1 saturated heterocycles. The fraction of sp³-hybridized carbons (Fsp3) is 0.513. The first-order valence-corrected chi connectivity index (χ1v) is 41.2. The maximum Gasteiger partial charge on any atom is 0.573 e. The van der Waals surface area contributed by atoms with Crippen molar-refractivity contribution >= 4 is 93.0 Å². The first-order valence-electron chi connectivity index (χ1n) is 40.4. The molecule has 0 spiro atoms. The van der Waals surface area contributed by atoms with Gasteiger partial charge in [0.15, 0.2) is 0 Å². The minimum absolute atomic E-state index is 0.00157. The van der Waals surface area contributed by atoms with Gasteiger partial charge in [0.1, 0.15) is 42.0 Å². The molecule has 670 valence electrons. The average Bonchev–Trinajstić information content (AvgIpc) is 1.20. The Morgan fingerprint density at radius 1 is 0.419 bits per heavy atom. The third-order valence-corrected chi connectivity index (χ3v) is 22.1. The molecule has 5 fully saturated rings. The number of nitrogens with one attached hydrogen (secondary N) is 8. The number of aromatic nitrogens is 10. The summed E-state index contributed by atoms with van der Waals surface area (Å²) in [5, 5.41) is 69.9.